The summed E-state index contributed by atoms with van der Waals surface area (Å²) in [6.45, 7) is -0.239. The second kappa shape index (κ2) is 9.57. The molecule has 3 aromatic rings. The number of carbonyl (C=O) groups is 2. The summed E-state index contributed by atoms with van der Waals surface area (Å²) in [5, 5.41) is 1.48. The van der Waals surface area contributed by atoms with E-state index in [1.54, 1.807) is 54.6 Å². The van der Waals surface area contributed by atoms with Gasteiger partial charge in [0.15, 0.2) is 5.11 Å². The van der Waals surface area contributed by atoms with Crippen molar-refractivity contribution in [3.63, 3.8) is 0 Å². The first-order chi connectivity index (χ1) is 15.8. The second-order valence-electron chi connectivity index (χ2n) is 6.92. The molecule has 0 radical (unpaired) electrons. The number of carbonyl (C=O) groups excluding carboxylic acids is 2. The fraction of sp³-hybridized carbons (Fsp3) is 0.0870. The van der Waals surface area contributed by atoms with E-state index in [-0.39, 0.29) is 17.4 Å². The molecule has 33 heavy (non-hydrogen) atoms. The first-order valence-corrected chi connectivity index (χ1v) is 11.1. The Bertz CT molecular complexity index is 1290. The summed E-state index contributed by atoms with van der Waals surface area (Å²) in [5.41, 5.74) is 1.40. The van der Waals surface area contributed by atoms with Gasteiger partial charge < -0.3 is 14.1 Å². The average Bonchev–Trinajstić information content (AvgIpc) is 3.35. The molecule has 10 heteroatoms. The number of hydrogen-bond donors (Lipinski definition) is 0. The van der Waals surface area contributed by atoms with Gasteiger partial charge in [-0.05, 0) is 66.8 Å². The van der Waals surface area contributed by atoms with Gasteiger partial charge in [0, 0.05) is 16.7 Å². The van der Waals surface area contributed by atoms with Crippen LogP contribution in [0.25, 0.3) is 17.4 Å². The highest BCUT2D eigenvalue weighted by Gasteiger charge is 2.40. The maximum absolute atomic E-state index is 13.3. The van der Waals surface area contributed by atoms with Gasteiger partial charge in [0.05, 0.1) is 22.8 Å². The van der Waals surface area contributed by atoms with E-state index in [9.17, 15) is 9.59 Å². The Hall–Kier alpha value is -2.84. The number of halogens is 3. The molecule has 1 aromatic heterocycles. The normalized spacial score (nSPS) is 15.0. The van der Waals surface area contributed by atoms with Gasteiger partial charge in [-0.1, -0.05) is 34.8 Å². The highest BCUT2D eigenvalue weighted by Crippen LogP contribution is 2.33. The zero-order valence-electron chi connectivity index (χ0n) is 17.1. The van der Waals surface area contributed by atoms with Crippen molar-refractivity contribution >= 4 is 75.8 Å². The number of benzene rings is 2. The number of anilines is 1. The zero-order valence-corrected chi connectivity index (χ0v) is 20.1. The summed E-state index contributed by atoms with van der Waals surface area (Å²) >= 11 is 23.6. The number of amides is 1. The van der Waals surface area contributed by atoms with Crippen LogP contribution in [0.1, 0.15) is 5.76 Å². The molecular weight excluding hydrogens is 507 g/mol. The van der Waals surface area contributed by atoms with Gasteiger partial charge in [0.25, 0.3) is 5.91 Å². The third-order valence-corrected chi connectivity index (χ3v) is 6.24. The summed E-state index contributed by atoms with van der Waals surface area (Å²) in [6.07, 6.45) is 1.52. The first kappa shape index (κ1) is 23.3. The van der Waals surface area contributed by atoms with Crippen LogP contribution in [0.4, 0.5) is 5.69 Å². The molecular formula is C23H15Cl3N2O4S. The average molecular weight is 522 g/mol. The molecule has 1 fully saturated rings. The third kappa shape index (κ3) is 4.77. The number of thiocarbonyl (C=S) groups is 1. The van der Waals surface area contributed by atoms with Crippen LogP contribution in [0.15, 0.2) is 64.7 Å². The minimum atomic E-state index is -0.551. The quantitative estimate of drug-likeness (QED) is 0.231. The smallest absolute Gasteiger partial charge is 0.325 e. The van der Waals surface area contributed by atoms with Crippen LogP contribution in [0.5, 0.6) is 0 Å². The molecule has 1 aliphatic rings. The van der Waals surface area contributed by atoms with E-state index >= 15 is 0 Å². The molecule has 0 aliphatic carbocycles. The molecule has 1 saturated heterocycles. The minimum Gasteiger partial charge on any atom is -0.468 e. The summed E-state index contributed by atoms with van der Waals surface area (Å²) < 4.78 is 10.7. The molecule has 1 amide bonds. The van der Waals surface area contributed by atoms with Gasteiger partial charge >= 0.3 is 5.97 Å². The van der Waals surface area contributed by atoms with Crippen molar-refractivity contribution in [3.05, 3.63) is 81.1 Å². The Kier molecular flexibility index (Phi) is 6.76. The topological polar surface area (TPSA) is 63.0 Å². The zero-order chi connectivity index (χ0) is 23.7. The molecule has 6 nitrogen and oxygen atoms in total. The highest BCUT2D eigenvalue weighted by molar-refractivity contribution is 7.80. The van der Waals surface area contributed by atoms with Crippen LogP contribution in [-0.4, -0.2) is 35.5 Å². The predicted octanol–water partition coefficient (Wildman–Crippen LogP) is 6.05. The molecule has 0 N–H and O–H groups in total. The largest absolute Gasteiger partial charge is 0.468 e. The SMILES string of the molecule is COC(=O)CN1C(=S)N(c2ccc(Cl)cc2)C(=O)/C1=C/c1ccc(-c2ccc(Cl)c(Cl)c2)o1. The molecule has 0 unspecified atom stereocenters. The lowest BCUT2D eigenvalue weighted by Gasteiger charge is -2.19. The van der Waals surface area contributed by atoms with Gasteiger partial charge in [-0.3, -0.25) is 14.5 Å². The molecule has 168 valence electrons. The van der Waals surface area contributed by atoms with E-state index in [4.69, 9.17) is 56.2 Å². The minimum absolute atomic E-state index is 0.134. The van der Waals surface area contributed by atoms with Crippen LogP contribution in [0.3, 0.4) is 0 Å². The van der Waals surface area contributed by atoms with Crippen molar-refractivity contribution < 1.29 is 18.7 Å². The van der Waals surface area contributed by atoms with Gasteiger partial charge in [0.2, 0.25) is 0 Å². The molecule has 0 spiro atoms. The van der Waals surface area contributed by atoms with Gasteiger partial charge in [-0.25, -0.2) is 0 Å². The third-order valence-electron chi connectivity index (χ3n) is 4.84. The van der Waals surface area contributed by atoms with Gasteiger partial charge in [0.1, 0.15) is 23.8 Å². The van der Waals surface area contributed by atoms with E-state index in [0.717, 1.165) is 5.56 Å². The van der Waals surface area contributed by atoms with Crippen molar-refractivity contribution in [2.75, 3.05) is 18.6 Å². The molecule has 1 aliphatic heterocycles. The fourth-order valence-electron chi connectivity index (χ4n) is 3.21. The number of esters is 1. The van der Waals surface area contributed by atoms with E-state index in [1.165, 1.54) is 23.0 Å². The number of ether oxygens (including phenoxy) is 1. The summed E-state index contributed by atoms with van der Waals surface area (Å²) in [7, 11) is 1.26. The Morgan fingerprint density at radius 3 is 2.45 bits per heavy atom. The lowest BCUT2D eigenvalue weighted by molar-refractivity contribution is -0.140. The summed E-state index contributed by atoms with van der Waals surface area (Å²) in [5.74, 6) is -0.0544. The molecule has 4 rings (SSSR count). The highest BCUT2D eigenvalue weighted by atomic mass is 35.5. The Balaban J connectivity index is 1.71. The number of furan rings is 1. The number of methoxy groups -OCH3 is 1. The van der Waals surface area contributed by atoms with E-state index in [0.29, 0.717) is 32.3 Å². The first-order valence-electron chi connectivity index (χ1n) is 9.54. The standard InChI is InChI=1S/C23H15Cl3N2O4S/c1-31-21(29)12-27-19(22(30)28(23(27)33)15-5-3-14(24)4-6-15)11-16-7-9-20(32-16)13-2-8-17(25)18(26)10-13/h2-11H,12H2,1H3/b19-11-. The van der Waals surface area contributed by atoms with E-state index in [1.807, 2.05) is 0 Å². The number of rotatable bonds is 5. The lowest BCUT2D eigenvalue weighted by atomic mass is 10.2. The Morgan fingerprint density at radius 1 is 1.06 bits per heavy atom. The fourth-order valence-corrected chi connectivity index (χ4v) is 3.99. The van der Waals surface area contributed by atoms with Crippen molar-refractivity contribution in [2.24, 2.45) is 0 Å². The number of hydrogen-bond acceptors (Lipinski definition) is 5. The van der Waals surface area contributed by atoms with Crippen molar-refractivity contribution in [1.29, 1.82) is 0 Å². The van der Waals surface area contributed by atoms with Gasteiger partial charge in [-0.15, -0.1) is 0 Å². The van der Waals surface area contributed by atoms with Crippen LogP contribution < -0.4 is 4.90 Å². The van der Waals surface area contributed by atoms with E-state index < -0.39 is 11.9 Å². The number of nitrogens with zero attached hydrogens (tertiary/aromatic N) is 2. The van der Waals surface area contributed by atoms with Gasteiger partial charge in [-0.2, -0.15) is 0 Å². The predicted molar refractivity (Wildman–Crippen MR) is 132 cm³/mol. The van der Waals surface area contributed by atoms with Crippen LogP contribution in [0.2, 0.25) is 15.1 Å². The van der Waals surface area contributed by atoms with Crippen LogP contribution in [-0.2, 0) is 14.3 Å². The molecule has 0 atom stereocenters. The maximum Gasteiger partial charge on any atom is 0.325 e. The molecule has 2 heterocycles. The maximum atomic E-state index is 13.3. The van der Waals surface area contributed by atoms with Crippen molar-refractivity contribution in [3.8, 4) is 11.3 Å². The summed E-state index contributed by atoms with van der Waals surface area (Å²) in [4.78, 5) is 28.0. The van der Waals surface area contributed by atoms with Crippen LogP contribution >= 0.6 is 47.0 Å². The Labute approximate surface area is 209 Å². The monoisotopic (exact) mass is 520 g/mol. The van der Waals surface area contributed by atoms with Crippen LogP contribution in [0, 0.1) is 0 Å². The van der Waals surface area contributed by atoms with Crippen molar-refractivity contribution in [1.82, 2.24) is 4.90 Å². The molecule has 2 aromatic carbocycles. The summed E-state index contributed by atoms with van der Waals surface area (Å²) in [6, 6.07) is 15.2. The Morgan fingerprint density at radius 2 is 1.79 bits per heavy atom. The lowest BCUT2D eigenvalue weighted by Crippen LogP contribution is -2.35. The van der Waals surface area contributed by atoms with E-state index in [2.05, 4.69) is 0 Å². The van der Waals surface area contributed by atoms with Crippen molar-refractivity contribution in [2.45, 2.75) is 0 Å². The molecule has 0 bridgehead atoms. The second-order valence-corrected chi connectivity index (χ2v) is 8.54. The molecule has 0 saturated carbocycles.